The molecule has 1 aromatic rings. The molecule has 1 aliphatic rings. The van der Waals surface area contributed by atoms with Crippen molar-refractivity contribution in [2.45, 2.75) is 26.2 Å². The zero-order valence-corrected chi connectivity index (χ0v) is 11.8. The quantitative estimate of drug-likeness (QED) is 0.742. The van der Waals surface area contributed by atoms with Crippen molar-refractivity contribution in [3.8, 4) is 0 Å². The number of carbonyl (C=O) groups is 1. The van der Waals surface area contributed by atoms with Gasteiger partial charge in [0.15, 0.2) is 0 Å². The van der Waals surface area contributed by atoms with Gasteiger partial charge in [-0.05, 0) is 36.8 Å². The topological polar surface area (TPSA) is 81.1 Å². The first-order chi connectivity index (χ1) is 8.97. The highest BCUT2D eigenvalue weighted by molar-refractivity contribution is 6.34. The normalized spacial score (nSPS) is 22.4. The van der Waals surface area contributed by atoms with Crippen molar-refractivity contribution >= 4 is 28.9 Å². The zero-order chi connectivity index (χ0) is 14.0. The first-order valence-corrected chi connectivity index (χ1v) is 6.98. The third-order valence-electron chi connectivity index (χ3n) is 3.75. The summed E-state index contributed by atoms with van der Waals surface area (Å²) in [5.74, 6) is 0.894. The van der Waals surface area contributed by atoms with Crippen molar-refractivity contribution in [2.24, 2.45) is 17.6 Å². The summed E-state index contributed by atoms with van der Waals surface area (Å²) in [4.78, 5) is 11.4. The smallest absolute Gasteiger partial charge is 0.250 e. The minimum absolute atomic E-state index is 0.357. The SMILES string of the molecule is CC1CCC(CNc2c(Cl)cc(N)cc2C(N)=O)C1. The van der Waals surface area contributed by atoms with Gasteiger partial charge in [0, 0.05) is 12.2 Å². The summed E-state index contributed by atoms with van der Waals surface area (Å²) < 4.78 is 0. The van der Waals surface area contributed by atoms with E-state index in [1.807, 2.05) is 0 Å². The van der Waals surface area contributed by atoms with Crippen LogP contribution in [-0.4, -0.2) is 12.5 Å². The molecule has 2 rings (SSSR count). The van der Waals surface area contributed by atoms with Crippen molar-refractivity contribution in [3.05, 3.63) is 22.7 Å². The third-order valence-corrected chi connectivity index (χ3v) is 4.05. The first-order valence-electron chi connectivity index (χ1n) is 6.60. The molecule has 1 aliphatic carbocycles. The number of nitrogens with one attached hydrogen (secondary N) is 1. The number of amides is 1. The Hall–Kier alpha value is -1.42. The summed E-state index contributed by atoms with van der Waals surface area (Å²) in [6.07, 6.45) is 3.70. The maximum Gasteiger partial charge on any atom is 0.250 e. The molecule has 5 N–H and O–H groups in total. The van der Waals surface area contributed by atoms with Crippen LogP contribution in [0.4, 0.5) is 11.4 Å². The Morgan fingerprint density at radius 2 is 2.21 bits per heavy atom. The van der Waals surface area contributed by atoms with Crippen molar-refractivity contribution < 1.29 is 4.79 Å². The molecule has 2 unspecified atom stereocenters. The van der Waals surface area contributed by atoms with Gasteiger partial charge >= 0.3 is 0 Å². The van der Waals surface area contributed by atoms with E-state index in [9.17, 15) is 4.79 Å². The fourth-order valence-corrected chi connectivity index (χ4v) is 3.05. The van der Waals surface area contributed by atoms with Crippen LogP contribution in [0, 0.1) is 11.8 Å². The van der Waals surface area contributed by atoms with Crippen LogP contribution in [0.2, 0.25) is 5.02 Å². The predicted molar refractivity (Wildman–Crippen MR) is 79.4 cm³/mol. The second-order valence-electron chi connectivity index (χ2n) is 5.45. The van der Waals surface area contributed by atoms with Crippen LogP contribution >= 0.6 is 11.6 Å². The van der Waals surface area contributed by atoms with E-state index >= 15 is 0 Å². The van der Waals surface area contributed by atoms with E-state index in [0.717, 1.165) is 12.5 Å². The second kappa shape index (κ2) is 5.70. The number of hydrogen-bond donors (Lipinski definition) is 3. The molecule has 2 atom stereocenters. The van der Waals surface area contributed by atoms with Gasteiger partial charge in [0.1, 0.15) is 0 Å². The number of carbonyl (C=O) groups excluding carboxylic acids is 1. The number of rotatable bonds is 4. The molecule has 1 aromatic carbocycles. The summed E-state index contributed by atoms with van der Waals surface area (Å²) in [5, 5.41) is 3.71. The van der Waals surface area contributed by atoms with Crippen LogP contribution in [0.25, 0.3) is 0 Å². The van der Waals surface area contributed by atoms with Gasteiger partial charge in [-0.1, -0.05) is 24.9 Å². The lowest BCUT2D eigenvalue weighted by Gasteiger charge is -2.16. The van der Waals surface area contributed by atoms with Crippen molar-refractivity contribution in [3.63, 3.8) is 0 Å². The highest BCUT2D eigenvalue weighted by Gasteiger charge is 2.22. The molecule has 1 fully saturated rings. The molecular weight excluding hydrogens is 262 g/mol. The lowest BCUT2D eigenvalue weighted by Crippen LogP contribution is -2.18. The van der Waals surface area contributed by atoms with Gasteiger partial charge in [0.05, 0.1) is 16.3 Å². The molecular formula is C14H20ClN3O. The Kier molecular flexibility index (Phi) is 4.20. The van der Waals surface area contributed by atoms with Crippen molar-refractivity contribution in [1.29, 1.82) is 0 Å². The fourth-order valence-electron chi connectivity index (χ4n) is 2.76. The molecule has 4 nitrogen and oxygen atoms in total. The van der Waals surface area contributed by atoms with Crippen LogP contribution in [0.5, 0.6) is 0 Å². The largest absolute Gasteiger partial charge is 0.399 e. The number of anilines is 2. The lowest BCUT2D eigenvalue weighted by molar-refractivity contribution is 0.100. The maximum absolute atomic E-state index is 11.4. The van der Waals surface area contributed by atoms with Crippen molar-refractivity contribution in [1.82, 2.24) is 0 Å². The molecule has 0 aliphatic heterocycles. The number of nitrogen functional groups attached to an aromatic ring is 1. The van der Waals surface area contributed by atoms with E-state index in [1.54, 1.807) is 12.1 Å². The molecule has 0 bridgehead atoms. The molecule has 1 saturated carbocycles. The van der Waals surface area contributed by atoms with E-state index in [1.165, 1.54) is 19.3 Å². The second-order valence-corrected chi connectivity index (χ2v) is 5.86. The highest BCUT2D eigenvalue weighted by Crippen LogP contribution is 2.33. The average Bonchev–Trinajstić information content (AvgIpc) is 2.73. The Labute approximate surface area is 118 Å². The molecule has 0 saturated heterocycles. The minimum atomic E-state index is -0.517. The van der Waals surface area contributed by atoms with Gasteiger partial charge in [-0.25, -0.2) is 0 Å². The summed E-state index contributed by atoms with van der Waals surface area (Å²) in [6, 6.07) is 3.20. The summed E-state index contributed by atoms with van der Waals surface area (Å²) >= 11 is 6.14. The number of primary amides is 1. The van der Waals surface area contributed by atoms with E-state index in [2.05, 4.69) is 12.2 Å². The number of hydrogen-bond acceptors (Lipinski definition) is 3. The van der Waals surface area contributed by atoms with Crippen LogP contribution in [0.3, 0.4) is 0 Å². The molecule has 0 aromatic heterocycles. The first kappa shape index (κ1) is 14.0. The molecule has 1 amide bonds. The number of halogens is 1. The number of benzene rings is 1. The van der Waals surface area contributed by atoms with Crippen LogP contribution < -0.4 is 16.8 Å². The van der Waals surface area contributed by atoms with E-state index in [0.29, 0.717) is 27.9 Å². The minimum Gasteiger partial charge on any atom is -0.399 e. The Balaban J connectivity index is 2.13. The summed E-state index contributed by atoms with van der Waals surface area (Å²) in [7, 11) is 0. The van der Waals surface area contributed by atoms with Gasteiger partial charge in [-0.15, -0.1) is 0 Å². The van der Waals surface area contributed by atoms with Gasteiger partial charge < -0.3 is 16.8 Å². The summed E-state index contributed by atoms with van der Waals surface area (Å²) in [5.41, 5.74) is 12.4. The molecule has 0 spiro atoms. The van der Waals surface area contributed by atoms with Gasteiger partial charge in [-0.2, -0.15) is 0 Å². The van der Waals surface area contributed by atoms with Crippen LogP contribution in [-0.2, 0) is 0 Å². The summed E-state index contributed by atoms with van der Waals surface area (Å²) in [6.45, 7) is 3.08. The lowest BCUT2D eigenvalue weighted by atomic mass is 10.1. The monoisotopic (exact) mass is 281 g/mol. The molecule has 5 heteroatoms. The maximum atomic E-state index is 11.4. The predicted octanol–water partition coefficient (Wildman–Crippen LogP) is 2.87. The van der Waals surface area contributed by atoms with E-state index in [-0.39, 0.29) is 0 Å². The van der Waals surface area contributed by atoms with Gasteiger partial charge in [-0.3, -0.25) is 4.79 Å². The van der Waals surface area contributed by atoms with Crippen LogP contribution in [0.1, 0.15) is 36.5 Å². The zero-order valence-electron chi connectivity index (χ0n) is 11.1. The molecule has 0 heterocycles. The average molecular weight is 282 g/mol. The molecule has 19 heavy (non-hydrogen) atoms. The van der Waals surface area contributed by atoms with E-state index in [4.69, 9.17) is 23.1 Å². The Bertz CT molecular complexity index is 490. The van der Waals surface area contributed by atoms with Crippen molar-refractivity contribution in [2.75, 3.05) is 17.6 Å². The molecule has 104 valence electrons. The number of nitrogens with two attached hydrogens (primary N) is 2. The van der Waals surface area contributed by atoms with E-state index < -0.39 is 5.91 Å². The van der Waals surface area contributed by atoms with Crippen LogP contribution in [0.15, 0.2) is 12.1 Å². The third kappa shape index (κ3) is 3.32. The van der Waals surface area contributed by atoms with Gasteiger partial charge in [0.25, 0.3) is 5.91 Å². The standard InChI is InChI=1S/C14H20ClN3O/c1-8-2-3-9(4-8)7-18-13-11(14(17)19)5-10(16)6-12(13)15/h5-6,8-9,18H,2-4,7,16H2,1H3,(H2,17,19). The Morgan fingerprint density at radius 3 is 2.79 bits per heavy atom. The van der Waals surface area contributed by atoms with Gasteiger partial charge in [0.2, 0.25) is 0 Å². The Morgan fingerprint density at radius 1 is 1.47 bits per heavy atom. The fraction of sp³-hybridized carbons (Fsp3) is 0.500. The highest BCUT2D eigenvalue weighted by atomic mass is 35.5. The molecule has 0 radical (unpaired) electrons.